The Bertz CT molecular complexity index is 333. The maximum Gasteiger partial charge on any atom is 0.196 e. The number of nitrogens with zero attached hydrogens (tertiary/aromatic N) is 2. The zero-order valence-electron chi connectivity index (χ0n) is 7.89. The average molecular weight is 244 g/mol. The average Bonchev–Trinajstić information content (AvgIpc) is 2.27. The summed E-state index contributed by atoms with van der Waals surface area (Å²) in [6.45, 7) is 0.295. The molecule has 0 fully saturated rings. The molecular formula is C9H10ClN3OS. The summed E-state index contributed by atoms with van der Waals surface area (Å²) in [7, 11) is 0. The Morgan fingerprint density at radius 2 is 2.13 bits per heavy atom. The zero-order chi connectivity index (χ0) is 11.1. The quantitative estimate of drug-likeness (QED) is 0.382. The van der Waals surface area contributed by atoms with Crippen LogP contribution in [-0.4, -0.2) is 22.5 Å². The van der Waals surface area contributed by atoms with E-state index in [0.717, 1.165) is 10.7 Å². The van der Waals surface area contributed by atoms with Gasteiger partial charge in [-0.05, 0) is 24.4 Å². The van der Waals surface area contributed by atoms with E-state index >= 15 is 0 Å². The first-order valence-electron chi connectivity index (χ1n) is 4.30. The molecule has 0 atom stereocenters. The van der Waals surface area contributed by atoms with E-state index in [2.05, 4.69) is 10.6 Å². The van der Waals surface area contributed by atoms with Gasteiger partial charge in [0.25, 0.3) is 0 Å². The maximum atomic E-state index is 10.4. The summed E-state index contributed by atoms with van der Waals surface area (Å²) in [6, 6.07) is 9.31. The number of alkyl halides is 1. The number of hydrogen-bond donors (Lipinski definition) is 1. The monoisotopic (exact) mass is 243 g/mol. The largest absolute Gasteiger partial charge is 0.331 e. The van der Waals surface area contributed by atoms with Crippen molar-refractivity contribution in [2.24, 2.45) is 5.29 Å². The number of rotatable bonds is 4. The Kier molecular flexibility index (Phi) is 5.00. The van der Waals surface area contributed by atoms with Crippen LogP contribution in [0.3, 0.4) is 0 Å². The number of thiocarbonyl (C=S) groups is 1. The molecule has 4 nitrogen and oxygen atoms in total. The minimum Gasteiger partial charge on any atom is -0.331 e. The highest BCUT2D eigenvalue weighted by molar-refractivity contribution is 7.80. The molecule has 0 spiro atoms. The van der Waals surface area contributed by atoms with Crippen LogP contribution in [0.4, 0.5) is 5.69 Å². The van der Waals surface area contributed by atoms with Gasteiger partial charge in [-0.15, -0.1) is 16.5 Å². The fraction of sp³-hybridized carbons (Fsp3) is 0.222. The third-order valence-corrected chi connectivity index (χ3v) is 2.14. The first kappa shape index (κ1) is 11.9. The molecule has 0 aliphatic rings. The van der Waals surface area contributed by atoms with E-state index in [0.29, 0.717) is 12.4 Å². The van der Waals surface area contributed by atoms with Crippen molar-refractivity contribution >= 4 is 34.6 Å². The Labute approximate surface area is 98.2 Å². The number of hydrogen-bond acceptors (Lipinski definition) is 3. The van der Waals surface area contributed by atoms with Crippen LogP contribution in [0.25, 0.3) is 0 Å². The van der Waals surface area contributed by atoms with E-state index in [1.54, 1.807) is 0 Å². The van der Waals surface area contributed by atoms with Gasteiger partial charge in [0.15, 0.2) is 5.11 Å². The van der Waals surface area contributed by atoms with E-state index in [4.69, 9.17) is 23.8 Å². The predicted molar refractivity (Wildman–Crippen MR) is 65.9 cm³/mol. The van der Waals surface area contributed by atoms with Crippen LogP contribution >= 0.6 is 23.8 Å². The summed E-state index contributed by atoms with van der Waals surface area (Å²) in [4.78, 5) is 10.4. The molecule has 0 saturated carbocycles. The second-order valence-corrected chi connectivity index (χ2v) is 3.45. The van der Waals surface area contributed by atoms with Crippen LogP contribution in [0, 0.1) is 4.91 Å². The molecule has 80 valence electrons. The van der Waals surface area contributed by atoms with E-state index in [9.17, 15) is 4.91 Å². The van der Waals surface area contributed by atoms with Crippen LogP contribution in [0.2, 0.25) is 0 Å². The molecule has 6 heteroatoms. The molecule has 0 bridgehead atoms. The Morgan fingerprint density at radius 3 is 2.67 bits per heavy atom. The van der Waals surface area contributed by atoms with Crippen molar-refractivity contribution in [2.45, 2.75) is 0 Å². The number of anilines is 1. The van der Waals surface area contributed by atoms with Gasteiger partial charge >= 0.3 is 0 Å². The molecule has 0 unspecified atom stereocenters. The molecule has 1 aromatic rings. The van der Waals surface area contributed by atoms with Crippen LogP contribution in [-0.2, 0) is 0 Å². The van der Waals surface area contributed by atoms with E-state index in [1.807, 2.05) is 30.3 Å². The van der Waals surface area contributed by atoms with Gasteiger partial charge < -0.3 is 5.32 Å². The van der Waals surface area contributed by atoms with Gasteiger partial charge in [-0.1, -0.05) is 18.2 Å². The van der Waals surface area contributed by atoms with E-state index < -0.39 is 0 Å². The summed E-state index contributed by atoms with van der Waals surface area (Å²) in [6.07, 6.45) is 0. The first-order chi connectivity index (χ1) is 7.27. The summed E-state index contributed by atoms with van der Waals surface area (Å²) >= 11 is 10.5. The van der Waals surface area contributed by atoms with Crippen molar-refractivity contribution in [3.63, 3.8) is 0 Å². The Hall–Kier alpha value is -1.20. The number of para-hydroxylation sites is 1. The molecule has 0 saturated heterocycles. The van der Waals surface area contributed by atoms with Crippen LogP contribution in [0.5, 0.6) is 0 Å². The van der Waals surface area contributed by atoms with Gasteiger partial charge in [-0.2, -0.15) is 0 Å². The Morgan fingerprint density at radius 1 is 1.47 bits per heavy atom. The van der Waals surface area contributed by atoms with Gasteiger partial charge in [-0.3, -0.25) is 0 Å². The fourth-order valence-electron chi connectivity index (χ4n) is 0.969. The highest BCUT2D eigenvalue weighted by atomic mass is 35.5. The minimum atomic E-state index is 0.247. The van der Waals surface area contributed by atoms with Gasteiger partial charge in [0.2, 0.25) is 0 Å². The molecular weight excluding hydrogens is 234 g/mol. The molecule has 0 heterocycles. The van der Waals surface area contributed by atoms with E-state index in [-0.39, 0.29) is 5.11 Å². The van der Waals surface area contributed by atoms with Crippen LogP contribution < -0.4 is 5.32 Å². The smallest absolute Gasteiger partial charge is 0.196 e. The maximum absolute atomic E-state index is 10.4. The lowest BCUT2D eigenvalue weighted by molar-refractivity contribution is 0.474. The number of nitroso groups, excluding NO2 is 1. The third kappa shape index (κ3) is 3.81. The summed E-state index contributed by atoms with van der Waals surface area (Å²) in [5.74, 6) is 0.294. The molecule has 1 aromatic carbocycles. The van der Waals surface area contributed by atoms with Crippen LogP contribution in [0.15, 0.2) is 35.6 Å². The standard InChI is InChI=1S/C9H10ClN3OS/c10-6-7-13(12-14)9(15)11-8-4-2-1-3-5-8/h1-5H,6-7H2,(H,11,15). The van der Waals surface area contributed by atoms with Gasteiger partial charge in [0, 0.05) is 11.6 Å². The van der Waals surface area contributed by atoms with Crippen molar-refractivity contribution in [3.8, 4) is 0 Å². The van der Waals surface area contributed by atoms with Crippen molar-refractivity contribution in [2.75, 3.05) is 17.7 Å². The van der Waals surface area contributed by atoms with Gasteiger partial charge in [-0.25, -0.2) is 5.01 Å². The molecule has 1 rings (SSSR count). The summed E-state index contributed by atoms with van der Waals surface area (Å²) in [5.41, 5.74) is 0.811. The lowest BCUT2D eigenvalue weighted by Gasteiger charge is -2.15. The van der Waals surface area contributed by atoms with E-state index in [1.165, 1.54) is 0 Å². The lowest BCUT2D eigenvalue weighted by Crippen LogP contribution is -2.31. The van der Waals surface area contributed by atoms with Crippen LogP contribution in [0.1, 0.15) is 0 Å². The van der Waals surface area contributed by atoms with Gasteiger partial charge in [0.1, 0.15) is 0 Å². The number of nitrogens with one attached hydrogen (secondary N) is 1. The fourth-order valence-corrected chi connectivity index (χ4v) is 1.37. The topological polar surface area (TPSA) is 44.7 Å². The molecule has 0 aromatic heterocycles. The lowest BCUT2D eigenvalue weighted by atomic mass is 10.3. The zero-order valence-corrected chi connectivity index (χ0v) is 9.46. The van der Waals surface area contributed by atoms with Gasteiger partial charge in [0.05, 0.1) is 11.8 Å². The molecule has 0 radical (unpaired) electrons. The van der Waals surface area contributed by atoms with Crippen molar-refractivity contribution in [3.05, 3.63) is 35.2 Å². The SMILES string of the molecule is O=NN(CCCl)C(=S)Nc1ccccc1. The van der Waals surface area contributed by atoms with Crippen molar-refractivity contribution in [1.29, 1.82) is 0 Å². The summed E-state index contributed by atoms with van der Waals surface area (Å²) in [5, 5.41) is 7.01. The summed E-state index contributed by atoms with van der Waals surface area (Å²) < 4.78 is 0. The van der Waals surface area contributed by atoms with Crippen molar-refractivity contribution < 1.29 is 0 Å². The molecule has 0 aliphatic heterocycles. The molecule has 0 amide bonds. The first-order valence-corrected chi connectivity index (χ1v) is 5.25. The highest BCUT2D eigenvalue weighted by Gasteiger charge is 2.08. The van der Waals surface area contributed by atoms with Crippen molar-refractivity contribution in [1.82, 2.24) is 5.01 Å². The normalized spacial score (nSPS) is 9.40. The second kappa shape index (κ2) is 6.31. The minimum absolute atomic E-state index is 0.247. The number of halogens is 1. The number of benzene rings is 1. The second-order valence-electron chi connectivity index (χ2n) is 2.69. The Balaban J connectivity index is 2.58. The third-order valence-electron chi connectivity index (χ3n) is 1.65. The highest BCUT2D eigenvalue weighted by Crippen LogP contribution is 2.07. The molecule has 1 N–H and O–H groups in total. The molecule has 15 heavy (non-hydrogen) atoms. The predicted octanol–water partition coefficient (Wildman–Crippen LogP) is 2.61. The molecule has 0 aliphatic carbocycles.